The second-order valence-electron chi connectivity index (χ2n) is 16.5. The van der Waals surface area contributed by atoms with E-state index in [-0.39, 0.29) is 16.2 Å². The van der Waals surface area contributed by atoms with Gasteiger partial charge in [0.1, 0.15) is 11.5 Å². The molecule has 0 heterocycles. The van der Waals surface area contributed by atoms with Crippen LogP contribution in [0.4, 0.5) is 0 Å². The van der Waals surface area contributed by atoms with Crippen LogP contribution in [0, 0.1) is 0 Å². The Kier molecular flexibility index (Phi) is 11.1. The van der Waals surface area contributed by atoms with Gasteiger partial charge in [0.25, 0.3) is 0 Å². The lowest BCUT2D eigenvalue weighted by atomic mass is 9.64. The van der Waals surface area contributed by atoms with Gasteiger partial charge in [-0.15, -0.1) is 0 Å². The van der Waals surface area contributed by atoms with Crippen molar-refractivity contribution in [2.24, 2.45) is 0 Å². The molecule has 3 nitrogen and oxygen atoms in total. The summed E-state index contributed by atoms with van der Waals surface area (Å²) in [5, 5.41) is 0. The third kappa shape index (κ3) is 8.89. The highest BCUT2D eigenvalue weighted by atomic mass is 16.5. The Bertz CT molecular complexity index is 1750. The molecule has 0 amide bonds. The Labute approximate surface area is 306 Å². The predicted molar refractivity (Wildman–Crippen MR) is 212 cm³/mol. The van der Waals surface area contributed by atoms with Gasteiger partial charge in [0.05, 0.1) is 12.0 Å². The molecule has 5 aromatic carbocycles. The van der Waals surface area contributed by atoms with E-state index in [1.807, 2.05) is 42.5 Å². The standard InChI is InChI=1S/C48H54O3/c1-45(2,3)35-18-24-38(25-19-35)48(39-26-20-36(21-27-39)46(4,5)6,40-28-22-37(23-29-40)47(7,8)9)41-30-32-43(33-31-41)51-44(49)17-13-14-34-50-42-15-11-10-12-16-42/h10-13,15-33H,14,34H2,1-9H3/b17-13+. The number of hydrogen-bond donors (Lipinski definition) is 0. The molecular formula is C48H54O3. The highest BCUT2D eigenvalue weighted by molar-refractivity contribution is 5.84. The lowest BCUT2D eigenvalue weighted by Gasteiger charge is -2.38. The number of para-hydroxylation sites is 1. The molecule has 0 aromatic heterocycles. The van der Waals surface area contributed by atoms with Crippen LogP contribution >= 0.6 is 0 Å². The zero-order valence-electron chi connectivity index (χ0n) is 31.9. The highest BCUT2D eigenvalue weighted by Crippen LogP contribution is 2.47. The Balaban J connectivity index is 1.55. The molecule has 5 rings (SSSR count). The first-order valence-corrected chi connectivity index (χ1v) is 18.1. The number of rotatable bonds is 10. The van der Waals surface area contributed by atoms with Crippen molar-refractivity contribution in [3.63, 3.8) is 0 Å². The summed E-state index contributed by atoms with van der Waals surface area (Å²) in [4.78, 5) is 12.8. The van der Waals surface area contributed by atoms with Gasteiger partial charge >= 0.3 is 5.97 Å². The third-order valence-electron chi connectivity index (χ3n) is 9.61. The van der Waals surface area contributed by atoms with E-state index < -0.39 is 11.4 Å². The van der Waals surface area contributed by atoms with Crippen molar-refractivity contribution in [1.82, 2.24) is 0 Å². The molecule has 0 saturated heterocycles. The fourth-order valence-corrected chi connectivity index (χ4v) is 6.52. The first-order chi connectivity index (χ1) is 24.1. The fraction of sp³-hybridized carbons (Fsp3) is 0.312. The number of esters is 1. The minimum absolute atomic E-state index is 0.0266. The summed E-state index contributed by atoms with van der Waals surface area (Å²) < 4.78 is 11.5. The molecule has 0 fully saturated rings. The van der Waals surface area contributed by atoms with Crippen molar-refractivity contribution >= 4 is 5.97 Å². The van der Waals surface area contributed by atoms with E-state index in [4.69, 9.17) is 9.47 Å². The molecule has 51 heavy (non-hydrogen) atoms. The summed E-state index contributed by atoms with van der Waals surface area (Å²) in [7, 11) is 0. The zero-order chi connectivity index (χ0) is 36.9. The molecule has 0 saturated carbocycles. The number of carbonyl (C=O) groups is 1. The Morgan fingerprint density at radius 1 is 0.471 bits per heavy atom. The number of hydrogen-bond acceptors (Lipinski definition) is 3. The maximum atomic E-state index is 12.8. The van der Waals surface area contributed by atoms with E-state index in [0.29, 0.717) is 18.8 Å². The van der Waals surface area contributed by atoms with Crippen LogP contribution in [0.25, 0.3) is 0 Å². The molecule has 0 unspecified atom stereocenters. The van der Waals surface area contributed by atoms with Crippen LogP contribution in [0.2, 0.25) is 0 Å². The molecule has 0 aliphatic rings. The quantitative estimate of drug-likeness (QED) is 0.0485. The van der Waals surface area contributed by atoms with E-state index in [1.165, 1.54) is 39.5 Å². The van der Waals surface area contributed by atoms with Crippen molar-refractivity contribution < 1.29 is 14.3 Å². The SMILES string of the molecule is CC(C)(C)c1ccc(C(c2ccc(OC(=O)/C=C/CCOc3ccccc3)cc2)(c2ccc(C(C)(C)C)cc2)c2ccc(C(C)(C)C)cc2)cc1. The van der Waals surface area contributed by atoms with Gasteiger partial charge in [-0.3, -0.25) is 0 Å². The minimum atomic E-state index is -0.634. The smallest absolute Gasteiger partial charge is 0.335 e. The minimum Gasteiger partial charge on any atom is -0.493 e. The third-order valence-corrected chi connectivity index (χ3v) is 9.61. The molecule has 0 radical (unpaired) electrons. The van der Waals surface area contributed by atoms with Gasteiger partial charge in [-0.25, -0.2) is 4.79 Å². The van der Waals surface area contributed by atoms with E-state index in [0.717, 1.165) is 11.3 Å². The summed E-state index contributed by atoms with van der Waals surface area (Å²) in [5.41, 5.74) is 7.91. The average Bonchev–Trinajstić information content (AvgIpc) is 3.09. The van der Waals surface area contributed by atoms with E-state index in [9.17, 15) is 4.79 Å². The number of ether oxygens (including phenoxy) is 2. The van der Waals surface area contributed by atoms with Crippen molar-refractivity contribution in [1.29, 1.82) is 0 Å². The Morgan fingerprint density at radius 2 is 0.824 bits per heavy atom. The monoisotopic (exact) mass is 678 g/mol. The summed E-state index contributed by atoms with van der Waals surface area (Å²) in [6.07, 6.45) is 3.85. The van der Waals surface area contributed by atoms with Crippen molar-refractivity contribution in [2.45, 2.75) is 90.4 Å². The Hall–Kier alpha value is -4.89. The van der Waals surface area contributed by atoms with Gasteiger partial charge in [0.2, 0.25) is 0 Å². The summed E-state index contributed by atoms with van der Waals surface area (Å²) in [6.45, 7) is 20.7. The summed E-state index contributed by atoms with van der Waals surface area (Å²) >= 11 is 0. The van der Waals surface area contributed by atoms with Crippen LogP contribution in [0.3, 0.4) is 0 Å². The largest absolute Gasteiger partial charge is 0.493 e. The van der Waals surface area contributed by atoms with Crippen molar-refractivity contribution in [2.75, 3.05) is 6.61 Å². The molecule has 3 heteroatoms. The van der Waals surface area contributed by atoms with Crippen molar-refractivity contribution in [3.8, 4) is 11.5 Å². The highest BCUT2D eigenvalue weighted by Gasteiger charge is 2.39. The first-order valence-electron chi connectivity index (χ1n) is 18.1. The lowest BCUT2D eigenvalue weighted by molar-refractivity contribution is -0.129. The maximum Gasteiger partial charge on any atom is 0.335 e. The molecule has 0 N–H and O–H groups in total. The predicted octanol–water partition coefficient (Wildman–Crippen LogP) is 11.9. The first kappa shape index (κ1) is 37.4. The molecule has 0 aliphatic carbocycles. The van der Waals surface area contributed by atoms with Crippen LogP contribution in [0.5, 0.6) is 11.5 Å². The second kappa shape index (κ2) is 15.2. The maximum absolute atomic E-state index is 12.8. The van der Waals surface area contributed by atoms with Crippen LogP contribution < -0.4 is 9.47 Å². The number of carbonyl (C=O) groups excluding carboxylic acids is 1. The van der Waals surface area contributed by atoms with Gasteiger partial charge in [0, 0.05) is 6.08 Å². The zero-order valence-corrected chi connectivity index (χ0v) is 31.9. The van der Waals surface area contributed by atoms with Crippen LogP contribution in [-0.4, -0.2) is 12.6 Å². The summed E-state index contributed by atoms with van der Waals surface area (Å²) in [6, 6.07) is 45.0. The van der Waals surface area contributed by atoms with Gasteiger partial charge in [-0.1, -0.05) is 172 Å². The van der Waals surface area contributed by atoms with E-state index in [2.05, 4.69) is 147 Å². The molecular weight excluding hydrogens is 625 g/mol. The molecule has 0 bridgehead atoms. The van der Waals surface area contributed by atoms with Crippen molar-refractivity contribution in [3.05, 3.63) is 178 Å². The van der Waals surface area contributed by atoms with E-state index >= 15 is 0 Å². The topological polar surface area (TPSA) is 35.5 Å². The molecule has 5 aromatic rings. The summed E-state index contributed by atoms with van der Waals surface area (Å²) in [5.74, 6) is 0.893. The normalized spacial score (nSPS) is 12.6. The van der Waals surface area contributed by atoms with E-state index in [1.54, 1.807) is 6.08 Å². The van der Waals surface area contributed by atoms with Crippen LogP contribution in [0.1, 0.15) is 108 Å². The fourth-order valence-electron chi connectivity index (χ4n) is 6.52. The lowest BCUT2D eigenvalue weighted by Crippen LogP contribution is -2.31. The van der Waals surface area contributed by atoms with Crippen LogP contribution in [-0.2, 0) is 26.5 Å². The van der Waals surface area contributed by atoms with Gasteiger partial charge in [-0.2, -0.15) is 0 Å². The molecule has 264 valence electrons. The molecule has 0 spiro atoms. The molecule has 0 atom stereocenters. The Morgan fingerprint density at radius 3 is 1.20 bits per heavy atom. The average molecular weight is 679 g/mol. The van der Waals surface area contributed by atoms with Gasteiger partial charge < -0.3 is 9.47 Å². The van der Waals surface area contributed by atoms with Gasteiger partial charge in [0.15, 0.2) is 0 Å². The van der Waals surface area contributed by atoms with Crippen LogP contribution in [0.15, 0.2) is 140 Å². The molecule has 0 aliphatic heterocycles. The number of benzene rings is 5. The second-order valence-corrected chi connectivity index (χ2v) is 16.5. The van der Waals surface area contributed by atoms with Gasteiger partial charge in [-0.05, 0) is 85.9 Å².